The molecule has 0 saturated carbocycles. The molecule has 8 heteroatoms. The van der Waals surface area contributed by atoms with E-state index in [1.165, 1.54) is 12.1 Å². The molecule has 8 nitrogen and oxygen atoms in total. The van der Waals surface area contributed by atoms with Crippen LogP contribution in [0.2, 0.25) is 0 Å². The van der Waals surface area contributed by atoms with Crippen LogP contribution in [-0.4, -0.2) is 27.9 Å². The molecule has 0 radical (unpaired) electrons. The van der Waals surface area contributed by atoms with E-state index >= 15 is 0 Å². The number of aryl methyl sites for hydroxylation is 1. The molecule has 0 N–H and O–H groups in total. The minimum Gasteiger partial charge on any atom is -0.452 e. The van der Waals surface area contributed by atoms with E-state index in [0.717, 1.165) is 16.0 Å². The molecule has 0 bridgehead atoms. The number of amides is 2. The highest BCUT2D eigenvalue weighted by Crippen LogP contribution is 2.23. The fourth-order valence-corrected chi connectivity index (χ4v) is 3.07. The molecule has 1 aliphatic rings. The van der Waals surface area contributed by atoms with Gasteiger partial charge >= 0.3 is 5.97 Å². The quantitative estimate of drug-likeness (QED) is 0.486. The standard InChI is InChI=1S/C21H17N3O5/c1-13-4-2-3-5-16(13)20-22-17(29-23-20)12-28-21(27)14-6-8-15(9-7-14)24-18(25)10-11-19(24)26/h2-9H,10-12H2,1H3. The van der Waals surface area contributed by atoms with Gasteiger partial charge in [-0.1, -0.05) is 29.4 Å². The normalized spacial score (nSPS) is 13.8. The lowest BCUT2D eigenvalue weighted by molar-refractivity contribution is -0.121. The number of anilines is 1. The van der Waals surface area contributed by atoms with Crippen molar-refractivity contribution in [3.05, 3.63) is 65.5 Å². The molecule has 0 aliphatic carbocycles. The highest BCUT2D eigenvalue weighted by Gasteiger charge is 2.30. The molecule has 0 atom stereocenters. The first-order chi connectivity index (χ1) is 14.0. The average molecular weight is 391 g/mol. The third-order valence-electron chi connectivity index (χ3n) is 4.59. The van der Waals surface area contributed by atoms with Crippen molar-refractivity contribution in [3.63, 3.8) is 0 Å². The highest BCUT2D eigenvalue weighted by atomic mass is 16.6. The Morgan fingerprint density at radius 1 is 1.07 bits per heavy atom. The number of aromatic nitrogens is 2. The van der Waals surface area contributed by atoms with Crippen molar-refractivity contribution in [1.29, 1.82) is 0 Å². The fraction of sp³-hybridized carbons (Fsp3) is 0.190. The van der Waals surface area contributed by atoms with Crippen molar-refractivity contribution in [3.8, 4) is 11.4 Å². The second kappa shape index (κ2) is 7.67. The number of ether oxygens (including phenoxy) is 1. The van der Waals surface area contributed by atoms with E-state index in [1.807, 2.05) is 31.2 Å². The van der Waals surface area contributed by atoms with Crippen LogP contribution in [0.4, 0.5) is 5.69 Å². The summed E-state index contributed by atoms with van der Waals surface area (Å²) in [5.41, 5.74) is 2.57. The van der Waals surface area contributed by atoms with Gasteiger partial charge in [-0.25, -0.2) is 4.79 Å². The number of benzene rings is 2. The Bertz CT molecular complexity index is 1070. The third-order valence-corrected chi connectivity index (χ3v) is 4.59. The Morgan fingerprint density at radius 2 is 1.76 bits per heavy atom. The lowest BCUT2D eigenvalue weighted by Crippen LogP contribution is -2.28. The molecule has 2 amide bonds. The second-order valence-corrected chi connectivity index (χ2v) is 6.57. The Balaban J connectivity index is 1.40. The molecular weight excluding hydrogens is 374 g/mol. The summed E-state index contributed by atoms with van der Waals surface area (Å²) in [6, 6.07) is 13.7. The maximum Gasteiger partial charge on any atom is 0.338 e. The van der Waals surface area contributed by atoms with E-state index in [2.05, 4.69) is 10.1 Å². The van der Waals surface area contributed by atoms with E-state index in [1.54, 1.807) is 12.1 Å². The van der Waals surface area contributed by atoms with Gasteiger partial charge in [-0.3, -0.25) is 14.5 Å². The molecule has 1 fully saturated rings. The van der Waals surface area contributed by atoms with Crippen LogP contribution in [0.5, 0.6) is 0 Å². The smallest absolute Gasteiger partial charge is 0.338 e. The van der Waals surface area contributed by atoms with Crippen LogP contribution in [0, 0.1) is 6.92 Å². The molecule has 2 heterocycles. The van der Waals surface area contributed by atoms with E-state index in [0.29, 0.717) is 11.5 Å². The van der Waals surface area contributed by atoms with Crippen LogP contribution in [0.1, 0.15) is 34.7 Å². The number of carbonyl (C=O) groups is 3. The molecule has 146 valence electrons. The zero-order valence-corrected chi connectivity index (χ0v) is 15.6. The zero-order valence-electron chi connectivity index (χ0n) is 15.6. The maximum atomic E-state index is 12.3. The van der Waals surface area contributed by atoms with Crippen molar-refractivity contribution < 1.29 is 23.6 Å². The van der Waals surface area contributed by atoms with Crippen molar-refractivity contribution in [2.75, 3.05) is 4.90 Å². The van der Waals surface area contributed by atoms with Gasteiger partial charge in [0.25, 0.3) is 5.89 Å². The van der Waals surface area contributed by atoms with E-state index in [4.69, 9.17) is 9.26 Å². The van der Waals surface area contributed by atoms with Gasteiger partial charge in [0.2, 0.25) is 17.6 Å². The number of hydrogen-bond acceptors (Lipinski definition) is 7. The molecule has 0 unspecified atom stereocenters. The lowest BCUT2D eigenvalue weighted by Gasteiger charge is -2.13. The van der Waals surface area contributed by atoms with Gasteiger partial charge in [0, 0.05) is 18.4 Å². The van der Waals surface area contributed by atoms with Gasteiger partial charge in [0.05, 0.1) is 11.3 Å². The highest BCUT2D eigenvalue weighted by molar-refractivity contribution is 6.19. The van der Waals surface area contributed by atoms with Gasteiger partial charge in [-0.15, -0.1) is 0 Å². The molecule has 1 saturated heterocycles. The Morgan fingerprint density at radius 3 is 2.45 bits per heavy atom. The van der Waals surface area contributed by atoms with Crippen LogP contribution < -0.4 is 4.90 Å². The van der Waals surface area contributed by atoms with E-state index < -0.39 is 5.97 Å². The molecule has 0 spiro atoms. The lowest BCUT2D eigenvalue weighted by atomic mass is 10.1. The molecule has 2 aromatic carbocycles. The predicted octanol–water partition coefficient (Wildman–Crippen LogP) is 3.06. The van der Waals surface area contributed by atoms with Crippen molar-refractivity contribution in [1.82, 2.24) is 10.1 Å². The number of carbonyl (C=O) groups excluding carboxylic acids is 3. The largest absolute Gasteiger partial charge is 0.452 e. The first-order valence-corrected chi connectivity index (χ1v) is 9.04. The minimum absolute atomic E-state index is 0.164. The van der Waals surface area contributed by atoms with Crippen LogP contribution in [0.3, 0.4) is 0 Å². The molecule has 1 aromatic heterocycles. The van der Waals surface area contributed by atoms with Crippen LogP contribution >= 0.6 is 0 Å². The van der Waals surface area contributed by atoms with Gasteiger partial charge in [0.1, 0.15) is 0 Å². The zero-order chi connectivity index (χ0) is 20.4. The summed E-state index contributed by atoms with van der Waals surface area (Å²) in [5, 5.41) is 3.92. The van der Waals surface area contributed by atoms with Crippen molar-refractivity contribution in [2.24, 2.45) is 0 Å². The first kappa shape index (κ1) is 18.5. The Labute approximate surface area is 166 Å². The Kier molecular flexibility index (Phi) is 4.90. The van der Waals surface area contributed by atoms with Crippen LogP contribution in [0.25, 0.3) is 11.4 Å². The van der Waals surface area contributed by atoms with Gasteiger partial charge in [-0.05, 0) is 36.8 Å². The fourth-order valence-electron chi connectivity index (χ4n) is 3.07. The molecule has 4 rings (SSSR count). The van der Waals surface area contributed by atoms with Crippen molar-refractivity contribution >= 4 is 23.5 Å². The van der Waals surface area contributed by atoms with E-state index in [9.17, 15) is 14.4 Å². The number of esters is 1. The molecule has 1 aliphatic heterocycles. The minimum atomic E-state index is -0.578. The van der Waals surface area contributed by atoms with Crippen LogP contribution in [0.15, 0.2) is 53.1 Å². The van der Waals surface area contributed by atoms with Crippen LogP contribution in [-0.2, 0) is 20.9 Å². The number of rotatable bonds is 5. The maximum absolute atomic E-state index is 12.3. The summed E-state index contributed by atoms with van der Waals surface area (Å²) in [4.78, 5) is 41.2. The number of hydrogen-bond donors (Lipinski definition) is 0. The average Bonchev–Trinajstić information content (AvgIpc) is 3.33. The Hall–Kier alpha value is -3.81. The third kappa shape index (κ3) is 3.77. The topological polar surface area (TPSA) is 103 Å². The molecule has 3 aromatic rings. The predicted molar refractivity (Wildman–Crippen MR) is 102 cm³/mol. The molecular formula is C21H17N3O5. The number of nitrogens with zero attached hydrogens (tertiary/aromatic N) is 3. The summed E-state index contributed by atoms with van der Waals surface area (Å²) in [5.74, 6) is -0.455. The summed E-state index contributed by atoms with van der Waals surface area (Å²) >= 11 is 0. The summed E-state index contributed by atoms with van der Waals surface area (Å²) in [6.45, 7) is 1.78. The van der Waals surface area contributed by atoms with Crippen molar-refractivity contribution in [2.45, 2.75) is 26.4 Å². The first-order valence-electron chi connectivity index (χ1n) is 9.04. The summed E-state index contributed by atoms with van der Waals surface area (Å²) in [7, 11) is 0. The summed E-state index contributed by atoms with van der Waals surface area (Å²) in [6.07, 6.45) is 0.411. The SMILES string of the molecule is Cc1ccccc1-c1noc(COC(=O)c2ccc(N3C(=O)CCC3=O)cc2)n1. The van der Waals surface area contributed by atoms with E-state index in [-0.39, 0.29) is 42.7 Å². The monoisotopic (exact) mass is 391 g/mol. The van der Waals surface area contributed by atoms with Gasteiger partial charge in [0.15, 0.2) is 6.61 Å². The van der Waals surface area contributed by atoms with Gasteiger partial charge < -0.3 is 9.26 Å². The second-order valence-electron chi connectivity index (χ2n) is 6.57. The molecule has 29 heavy (non-hydrogen) atoms. The summed E-state index contributed by atoms with van der Waals surface area (Å²) < 4.78 is 10.4. The van der Waals surface area contributed by atoms with Gasteiger partial charge in [-0.2, -0.15) is 4.98 Å². The number of imide groups is 1.